The van der Waals surface area contributed by atoms with Crippen LogP contribution in [0.5, 0.6) is 11.5 Å². The first kappa shape index (κ1) is 28.4. The molecule has 9 nitrogen and oxygen atoms in total. The monoisotopic (exact) mass is 608 g/mol. The number of hydrogen-bond acceptors (Lipinski definition) is 7. The molecule has 0 atom stereocenters. The zero-order chi connectivity index (χ0) is 28.5. The van der Waals surface area contributed by atoms with Crippen molar-refractivity contribution < 1.29 is 31.7 Å². The lowest BCUT2D eigenvalue weighted by Crippen LogP contribution is -2.54. The Kier molecular flexibility index (Phi) is 8.22. The van der Waals surface area contributed by atoms with Gasteiger partial charge in [-0.3, -0.25) is 14.9 Å². The number of urea groups is 1. The highest BCUT2D eigenvalue weighted by Crippen LogP contribution is 2.39. The van der Waals surface area contributed by atoms with Crippen LogP contribution in [0.3, 0.4) is 0 Å². The van der Waals surface area contributed by atoms with Gasteiger partial charge in [-0.2, -0.15) is 8.42 Å². The van der Waals surface area contributed by atoms with Gasteiger partial charge in [0.25, 0.3) is 11.8 Å². The summed E-state index contributed by atoms with van der Waals surface area (Å²) in [6.45, 7) is 3.45. The van der Waals surface area contributed by atoms with Crippen LogP contribution in [-0.2, 0) is 19.7 Å². The molecule has 4 rings (SSSR count). The fourth-order valence-corrected chi connectivity index (χ4v) is 5.19. The minimum Gasteiger partial charge on any atom is -0.490 e. The summed E-state index contributed by atoms with van der Waals surface area (Å²) in [4.78, 5) is 39.1. The molecule has 1 aliphatic heterocycles. The van der Waals surface area contributed by atoms with Crippen molar-refractivity contribution >= 4 is 74.5 Å². The van der Waals surface area contributed by atoms with Crippen LogP contribution in [0.1, 0.15) is 18.1 Å². The fraction of sp³-hybridized carbons (Fsp3) is 0.115. The molecule has 0 bridgehead atoms. The normalized spacial score (nSPS) is 14.9. The molecule has 3 aromatic rings. The van der Waals surface area contributed by atoms with Gasteiger partial charge < -0.3 is 8.92 Å². The number of ether oxygens (including phenoxy) is 1. The number of hydrogen-bond donors (Lipinski definition) is 1. The van der Waals surface area contributed by atoms with E-state index < -0.39 is 28.0 Å². The number of amides is 4. The van der Waals surface area contributed by atoms with Gasteiger partial charge in [-0.25, -0.2) is 9.69 Å². The zero-order valence-electron chi connectivity index (χ0n) is 20.3. The smallest absolute Gasteiger partial charge is 0.339 e. The van der Waals surface area contributed by atoms with E-state index in [2.05, 4.69) is 5.32 Å². The zero-order valence-corrected chi connectivity index (χ0v) is 23.4. The number of barbiturate groups is 1. The highest BCUT2D eigenvalue weighted by atomic mass is 35.5. The highest BCUT2D eigenvalue weighted by Gasteiger charge is 2.37. The molecule has 0 unspecified atom stereocenters. The number of imide groups is 2. The van der Waals surface area contributed by atoms with E-state index in [1.54, 1.807) is 26.0 Å². The predicted octanol–water partition coefficient (Wildman–Crippen LogP) is 5.79. The summed E-state index contributed by atoms with van der Waals surface area (Å²) in [5, 5.41) is 2.59. The lowest BCUT2D eigenvalue weighted by atomic mass is 10.1. The van der Waals surface area contributed by atoms with E-state index in [0.29, 0.717) is 10.6 Å². The second-order valence-electron chi connectivity index (χ2n) is 8.14. The molecule has 1 fully saturated rings. The maximum atomic E-state index is 13.3. The molecule has 1 heterocycles. The van der Waals surface area contributed by atoms with Crippen LogP contribution in [0, 0.1) is 6.92 Å². The van der Waals surface area contributed by atoms with Crippen LogP contribution in [0.15, 0.2) is 65.1 Å². The van der Waals surface area contributed by atoms with Crippen LogP contribution in [0.25, 0.3) is 6.08 Å². The van der Waals surface area contributed by atoms with Crippen molar-refractivity contribution in [2.45, 2.75) is 18.7 Å². The second kappa shape index (κ2) is 11.3. The van der Waals surface area contributed by atoms with E-state index in [1.807, 2.05) is 0 Å². The molecule has 202 valence electrons. The highest BCUT2D eigenvalue weighted by molar-refractivity contribution is 7.87. The van der Waals surface area contributed by atoms with Crippen molar-refractivity contribution in [1.82, 2.24) is 5.32 Å². The summed E-state index contributed by atoms with van der Waals surface area (Å²) in [7, 11) is -4.31. The molecule has 0 radical (unpaired) electrons. The Hall–Kier alpha value is -3.57. The van der Waals surface area contributed by atoms with E-state index in [4.69, 9.17) is 43.7 Å². The van der Waals surface area contributed by atoms with Crippen molar-refractivity contribution in [3.05, 3.63) is 86.4 Å². The van der Waals surface area contributed by atoms with Crippen molar-refractivity contribution in [1.29, 1.82) is 0 Å². The van der Waals surface area contributed by atoms with E-state index in [-0.39, 0.29) is 49.9 Å². The Morgan fingerprint density at radius 2 is 1.62 bits per heavy atom. The second-order valence-corrected chi connectivity index (χ2v) is 11.0. The molecule has 13 heteroatoms. The van der Waals surface area contributed by atoms with Crippen LogP contribution < -0.4 is 19.1 Å². The molecule has 1 N–H and O–H groups in total. The Morgan fingerprint density at radius 1 is 0.949 bits per heavy atom. The first-order valence-corrected chi connectivity index (χ1v) is 13.8. The molecule has 0 saturated carbocycles. The SMILES string of the molecule is CCOc1cc(/C=C2\C(=O)NC(=O)N(c3cc(Cl)ccc3C)C2=O)cc(Cl)c1OS(=O)(=O)c1ccc(Cl)cc1. The average Bonchev–Trinajstić information content (AvgIpc) is 2.86. The lowest BCUT2D eigenvalue weighted by Gasteiger charge is -2.27. The number of carbonyl (C=O) groups is 3. The minimum absolute atomic E-state index is 0.0586. The number of benzene rings is 3. The molecule has 0 aliphatic carbocycles. The third kappa shape index (κ3) is 6.04. The number of anilines is 1. The summed E-state index contributed by atoms with van der Waals surface area (Å²) in [6.07, 6.45) is 1.20. The maximum Gasteiger partial charge on any atom is 0.339 e. The van der Waals surface area contributed by atoms with Gasteiger partial charge in [-0.1, -0.05) is 40.9 Å². The number of nitrogens with zero attached hydrogens (tertiary/aromatic N) is 1. The third-order valence-electron chi connectivity index (χ3n) is 5.45. The number of halogens is 3. The topological polar surface area (TPSA) is 119 Å². The van der Waals surface area contributed by atoms with E-state index in [0.717, 1.165) is 4.90 Å². The number of carbonyl (C=O) groups excluding carboxylic acids is 3. The molecular weight excluding hydrogens is 591 g/mol. The van der Waals surface area contributed by atoms with Crippen molar-refractivity contribution in [2.75, 3.05) is 11.5 Å². The van der Waals surface area contributed by atoms with Crippen molar-refractivity contribution in [2.24, 2.45) is 0 Å². The van der Waals surface area contributed by atoms with Gasteiger partial charge in [0.15, 0.2) is 5.75 Å². The Balaban J connectivity index is 1.74. The Labute approximate surface area is 239 Å². The van der Waals surface area contributed by atoms with Gasteiger partial charge in [0, 0.05) is 10.0 Å². The fourth-order valence-electron chi connectivity index (χ4n) is 3.64. The number of rotatable bonds is 7. The van der Waals surface area contributed by atoms with Crippen LogP contribution in [0.4, 0.5) is 10.5 Å². The summed E-state index contributed by atoms with van der Waals surface area (Å²) < 4.78 is 36.5. The Morgan fingerprint density at radius 3 is 2.28 bits per heavy atom. The van der Waals surface area contributed by atoms with Gasteiger partial charge in [-0.15, -0.1) is 0 Å². The molecule has 39 heavy (non-hydrogen) atoms. The van der Waals surface area contributed by atoms with E-state index in [9.17, 15) is 22.8 Å². The molecule has 1 aliphatic rings. The maximum absolute atomic E-state index is 13.3. The van der Waals surface area contributed by atoms with E-state index in [1.165, 1.54) is 48.5 Å². The quantitative estimate of drug-likeness (QED) is 0.205. The van der Waals surface area contributed by atoms with Crippen molar-refractivity contribution in [3.63, 3.8) is 0 Å². The summed E-state index contributed by atoms with van der Waals surface area (Å²) >= 11 is 18.3. The molecular formula is C26H19Cl3N2O7S. The molecule has 3 aromatic carbocycles. The first-order valence-electron chi connectivity index (χ1n) is 11.2. The largest absolute Gasteiger partial charge is 0.490 e. The average molecular weight is 610 g/mol. The van der Waals surface area contributed by atoms with Crippen molar-refractivity contribution in [3.8, 4) is 11.5 Å². The summed E-state index contributed by atoms with van der Waals surface area (Å²) in [5.74, 6) is -2.17. The predicted molar refractivity (Wildman–Crippen MR) is 147 cm³/mol. The van der Waals surface area contributed by atoms with Gasteiger partial charge in [0.05, 0.1) is 17.3 Å². The van der Waals surface area contributed by atoms with E-state index >= 15 is 0 Å². The third-order valence-corrected chi connectivity index (χ3v) is 7.46. The molecule has 0 spiro atoms. The van der Waals surface area contributed by atoms with Gasteiger partial charge in [0.1, 0.15) is 10.5 Å². The number of aryl methyl sites for hydroxylation is 1. The van der Waals surface area contributed by atoms with Gasteiger partial charge >= 0.3 is 16.1 Å². The minimum atomic E-state index is -4.31. The van der Waals surface area contributed by atoms with Crippen LogP contribution in [0.2, 0.25) is 15.1 Å². The molecule has 4 amide bonds. The summed E-state index contributed by atoms with van der Waals surface area (Å²) in [6, 6.07) is 11.7. The molecule has 1 saturated heterocycles. The lowest BCUT2D eigenvalue weighted by molar-refractivity contribution is -0.122. The number of nitrogens with one attached hydrogen (secondary N) is 1. The summed E-state index contributed by atoms with van der Waals surface area (Å²) in [5.41, 5.74) is 0.597. The standard InChI is InChI=1S/C26H19Cl3N2O7S/c1-3-37-22-12-15(11-20(29)23(22)38-39(35,36)18-8-6-16(27)7-9-18)10-19-24(32)30-26(34)31(25(19)33)21-13-17(28)5-4-14(21)2/h4-13H,3H2,1-2H3,(H,30,32,34)/b19-10+. The first-order chi connectivity index (χ1) is 18.4. The Bertz CT molecular complexity index is 1640. The molecule has 0 aromatic heterocycles. The van der Waals surface area contributed by atoms with Gasteiger partial charge in [0.2, 0.25) is 5.75 Å². The van der Waals surface area contributed by atoms with Crippen LogP contribution >= 0.6 is 34.8 Å². The van der Waals surface area contributed by atoms with Gasteiger partial charge in [-0.05, 0) is 79.6 Å². The van der Waals surface area contributed by atoms with Crippen LogP contribution in [-0.4, -0.2) is 32.9 Å².